The maximum atomic E-state index is 11.4. The van der Waals surface area contributed by atoms with Gasteiger partial charge in [-0.25, -0.2) is 0 Å². The van der Waals surface area contributed by atoms with Gasteiger partial charge in [-0.1, -0.05) is 83.2 Å². The first kappa shape index (κ1) is 36.3. The van der Waals surface area contributed by atoms with Crippen molar-refractivity contribution < 1.29 is 23.4 Å². The fourth-order valence-electron chi connectivity index (χ4n) is 5.70. The van der Waals surface area contributed by atoms with E-state index in [1.807, 2.05) is 24.3 Å². The molecule has 1 unspecified atom stereocenters. The number of allylic oxidation sites excluding steroid dienone is 2. The van der Waals surface area contributed by atoms with Gasteiger partial charge in [-0.3, -0.25) is 4.79 Å². The highest BCUT2D eigenvalue weighted by molar-refractivity contribution is 6.74. The van der Waals surface area contributed by atoms with E-state index in [0.717, 1.165) is 37.0 Å². The molecule has 0 aliphatic heterocycles. The molecular formula is C37H55ClO5Si. The lowest BCUT2D eigenvalue weighted by molar-refractivity contribution is -0.140. The number of carbonyl (C=O) groups is 1. The molecule has 0 bridgehead atoms. The minimum atomic E-state index is -2.00. The fourth-order valence-corrected chi connectivity index (χ4v) is 7.49. The van der Waals surface area contributed by atoms with Crippen LogP contribution in [0.25, 0.3) is 0 Å². The van der Waals surface area contributed by atoms with Gasteiger partial charge in [-0.2, -0.15) is 0 Å². The van der Waals surface area contributed by atoms with Gasteiger partial charge in [0.2, 0.25) is 0 Å². The van der Waals surface area contributed by atoms with Crippen molar-refractivity contribution in [2.75, 3.05) is 20.8 Å². The molecule has 4 atom stereocenters. The summed E-state index contributed by atoms with van der Waals surface area (Å²) < 4.78 is 23.3. The van der Waals surface area contributed by atoms with Crippen molar-refractivity contribution in [1.29, 1.82) is 0 Å². The standard InChI is InChI=1S/C37H55ClO5Si/c1-36(2,3)44(8,9)43-33-24-32(38)31(14-12-10-11-13-15-34(39)41-7)35(33)28-18-20-29(21-19-28)37(4,5)26-42-25-27-16-22-30(40-6)23-17-27/h10,12,16-23,31-33,35H,11,13-15,24-26H2,1-9H3/t31?,32-,33-,35-/m1/s1. The quantitative estimate of drug-likeness (QED) is 0.0636. The van der Waals surface area contributed by atoms with Crippen LogP contribution in [0.1, 0.15) is 89.3 Å². The number of carbonyl (C=O) groups excluding carboxylic acids is 1. The van der Waals surface area contributed by atoms with Crippen molar-refractivity contribution in [3.63, 3.8) is 0 Å². The summed E-state index contributed by atoms with van der Waals surface area (Å²) in [4.78, 5) is 11.4. The third-order valence-corrected chi connectivity index (χ3v) is 14.6. The predicted molar refractivity (Wildman–Crippen MR) is 184 cm³/mol. The first-order valence-corrected chi connectivity index (χ1v) is 19.4. The van der Waals surface area contributed by atoms with Crippen molar-refractivity contribution in [3.05, 3.63) is 77.4 Å². The molecule has 0 N–H and O–H groups in total. The van der Waals surface area contributed by atoms with E-state index in [4.69, 9.17) is 30.2 Å². The van der Waals surface area contributed by atoms with Crippen LogP contribution in [0.2, 0.25) is 18.1 Å². The molecule has 0 radical (unpaired) electrons. The van der Waals surface area contributed by atoms with E-state index in [2.05, 4.69) is 84.1 Å². The maximum absolute atomic E-state index is 11.4. The van der Waals surface area contributed by atoms with Gasteiger partial charge in [0, 0.05) is 23.1 Å². The Hall–Kier alpha value is -2.12. The second-order valence-corrected chi connectivity index (χ2v) is 19.7. The summed E-state index contributed by atoms with van der Waals surface area (Å²) in [5.74, 6) is 1.18. The summed E-state index contributed by atoms with van der Waals surface area (Å²) >= 11 is 7.11. The molecule has 1 saturated carbocycles. The second kappa shape index (κ2) is 15.9. The number of hydrogen-bond donors (Lipinski definition) is 0. The molecule has 0 amide bonds. The van der Waals surface area contributed by atoms with Gasteiger partial charge in [0.05, 0.1) is 33.5 Å². The van der Waals surface area contributed by atoms with Crippen LogP contribution in [0.15, 0.2) is 60.7 Å². The SMILES string of the molecule is COC(=O)CCCC=CCC1[C@H](Cl)C[C@@H](O[Si](C)(C)C(C)(C)C)[C@@H]1c1ccc(C(C)(C)COCc2ccc(OC)cc2)cc1. The van der Waals surface area contributed by atoms with Crippen LogP contribution in [-0.4, -0.2) is 46.6 Å². The Balaban J connectivity index is 1.74. The molecule has 0 heterocycles. The molecule has 1 aliphatic carbocycles. The van der Waals surface area contributed by atoms with Crippen LogP contribution in [0.4, 0.5) is 0 Å². The highest BCUT2D eigenvalue weighted by Crippen LogP contribution is 2.49. The number of ether oxygens (including phenoxy) is 3. The molecule has 0 spiro atoms. The number of methoxy groups -OCH3 is 2. The predicted octanol–water partition coefficient (Wildman–Crippen LogP) is 9.58. The fraction of sp³-hybridized carbons (Fsp3) is 0.595. The summed E-state index contributed by atoms with van der Waals surface area (Å²) in [5.41, 5.74) is 3.53. The molecule has 1 fully saturated rings. The Morgan fingerprint density at radius 2 is 1.64 bits per heavy atom. The lowest BCUT2D eigenvalue weighted by Gasteiger charge is -2.40. The molecule has 1 aliphatic rings. The molecule has 7 heteroatoms. The molecule has 0 aromatic heterocycles. The van der Waals surface area contributed by atoms with Crippen LogP contribution < -0.4 is 4.74 Å². The smallest absolute Gasteiger partial charge is 0.305 e. The van der Waals surface area contributed by atoms with Gasteiger partial charge in [0.15, 0.2) is 8.32 Å². The number of unbranched alkanes of at least 4 members (excludes halogenated alkanes) is 1. The zero-order valence-electron chi connectivity index (χ0n) is 28.5. The topological polar surface area (TPSA) is 54.0 Å². The Kier molecular flexibility index (Phi) is 13.2. The van der Waals surface area contributed by atoms with Crippen LogP contribution in [-0.2, 0) is 30.7 Å². The first-order valence-electron chi connectivity index (χ1n) is 16.0. The van der Waals surface area contributed by atoms with Crippen molar-refractivity contribution in [1.82, 2.24) is 0 Å². The molecule has 2 aromatic carbocycles. The number of hydrogen-bond acceptors (Lipinski definition) is 5. The van der Waals surface area contributed by atoms with Crippen LogP contribution in [0.3, 0.4) is 0 Å². The average molecular weight is 643 g/mol. The minimum absolute atomic E-state index is 0.0389. The Morgan fingerprint density at radius 3 is 2.23 bits per heavy atom. The van der Waals surface area contributed by atoms with Gasteiger partial charge in [-0.15, -0.1) is 11.6 Å². The minimum Gasteiger partial charge on any atom is -0.497 e. The third-order valence-electron chi connectivity index (χ3n) is 9.56. The van der Waals surface area contributed by atoms with Crippen molar-refractivity contribution in [3.8, 4) is 5.75 Å². The average Bonchev–Trinajstić information content (AvgIpc) is 3.27. The molecule has 5 nitrogen and oxygen atoms in total. The number of benzene rings is 2. The number of halogens is 1. The lowest BCUT2D eigenvalue weighted by atomic mass is 9.81. The molecule has 44 heavy (non-hydrogen) atoms. The molecule has 2 aromatic rings. The molecule has 244 valence electrons. The Bertz CT molecular complexity index is 1200. The second-order valence-electron chi connectivity index (χ2n) is 14.4. The summed E-state index contributed by atoms with van der Waals surface area (Å²) in [6.07, 6.45) is 8.35. The van der Waals surface area contributed by atoms with Gasteiger partial charge in [0.25, 0.3) is 0 Å². The van der Waals surface area contributed by atoms with Crippen LogP contribution in [0, 0.1) is 5.92 Å². The first-order chi connectivity index (χ1) is 20.7. The van der Waals surface area contributed by atoms with E-state index >= 15 is 0 Å². The van der Waals surface area contributed by atoms with Gasteiger partial charge < -0.3 is 18.6 Å². The number of alkyl halides is 1. The van der Waals surface area contributed by atoms with E-state index in [9.17, 15) is 4.79 Å². The Labute approximate surface area is 272 Å². The van der Waals surface area contributed by atoms with E-state index in [1.165, 1.54) is 18.2 Å². The normalized spacial score (nSPS) is 21.1. The number of rotatable bonds is 15. The summed E-state index contributed by atoms with van der Waals surface area (Å²) in [6, 6.07) is 17.1. The van der Waals surface area contributed by atoms with Crippen molar-refractivity contribution >= 4 is 25.9 Å². The lowest BCUT2D eigenvalue weighted by Crippen LogP contribution is -2.44. The highest BCUT2D eigenvalue weighted by atomic mass is 35.5. The van der Waals surface area contributed by atoms with E-state index < -0.39 is 8.32 Å². The monoisotopic (exact) mass is 642 g/mol. The van der Waals surface area contributed by atoms with Crippen LogP contribution >= 0.6 is 11.6 Å². The highest BCUT2D eigenvalue weighted by Gasteiger charge is 2.48. The van der Waals surface area contributed by atoms with Gasteiger partial charge in [-0.05, 0) is 78.6 Å². The number of esters is 1. The van der Waals surface area contributed by atoms with E-state index in [0.29, 0.717) is 19.6 Å². The van der Waals surface area contributed by atoms with Gasteiger partial charge >= 0.3 is 5.97 Å². The molecule has 3 rings (SSSR count). The largest absolute Gasteiger partial charge is 0.497 e. The van der Waals surface area contributed by atoms with E-state index in [1.54, 1.807) is 7.11 Å². The zero-order chi connectivity index (χ0) is 32.5. The summed E-state index contributed by atoms with van der Waals surface area (Å²) in [5, 5.41) is 0.161. The van der Waals surface area contributed by atoms with Crippen molar-refractivity contribution in [2.24, 2.45) is 5.92 Å². The van der Waals surface area contributed by atoms with Gasteiger partial charge in [0.1, 0.15) is 5.75 Å². The summed E-state index contributed by atoms with van der Waals surface area (Å²) in [6.45, 7) is 17.2. The van der Waals surface area contributed by atoms with Crippen molar-refractivity contribution in [2.45, 2.75) is 114 Å². The Morgan fingerprint density at radius 1 is 0.977 bits per heavy atom. The zero-order valence-corrected chi connectivity index (χ0v) is 30.2. The van der Waals surface area contributed by atoms with E-state index in [-0.39, 0.29) is 39.7 Å². The molecular weight excluding hydrogens is 588 g/mol. The maximum Gasteiger partial charge on any atom is 0.305 e. The molecule has 0 saturated heterocycles. The third kappa shape index (κ3) is 9.94. The van der Waals surface area contributed by atoms with Crippen LogP contribution in [0.5, 0.6) is 5.75 Å². The summed E-state index contributed by atoms with van der Waals surface area (Å²) in [7, 11) is 1.11.